The van der Waals surface area contributed by atoms with Gasteiger partial charge in [-0.1, -0.05) is 12.1 Å². The molecule has 0 aromatic heterocycles. The van der Waals surface area contributed by atoms with Gasteiger partial charge >= 0.3 is 0 Å². The molecule has 2 heterocycles. The number of rotatable bonds is 4. The molecule has 3 rings (SSSR count). The fourth-order valence-electron chi connectivity index (χ4n) is 3.94. The predicted molar refractivity (Wildman–Crippen MR) is 89.6 cm³/mol. The van der Waals surface area contributed by atoms with Crippen LogP contribution in [0.1, 0.15) is 31.2 Å². The summed E-state index contributed by atoms with van der Waals surface area (Å²) >= 11 is 0. The number of carbonyl (C=O) groups excluding carboxylic acids is 1. The first-order valence-electron chi connectivity index (χ1n) is 8.81. The largest absolute Gasteiger partial charge is 0.345 e. The normalized spacial score (nSPS) is 24.2. The quantitative estimate of drug-likeness (QED) is 0.852. The van der Waals surface area contributed by atoms with Crippen molar-refractivity contribution in [2.24, 2.45) is 11.8 Å². The summed E-state index contributed by atoms with van der Waals surface area (Å²) in [5.41, 5.74) is 1.25. The highest BCUT2D eigenvalue weighted by Gasteiger charge is 2.26. The van der Waals surface area contributed by atoms with Crippen molar-refractivity contribution in [1.82, 2.24) is 9.80 Å². The van der Waals surface area contributed by atoms with Crippen LogP contribution in [0.3, 0.4) is 0 Å². The molecule has 0 saturated carbocycles. The maximum atomic E-state index is 13.0. The van der Waals surface area contributed by atoms with Gasteiger partial charge in [-0.3, -0.25) is 4.79 Å². The lowest BCUT2D eigenvalue weighted by molar-refractivity contribution is -0.133. The maximum Gasteiger partial charge on any atom is 0.222 e. The first-order chi connectivity index (χ1) is 11.1. The van der Waals surface area contributed by atoms with Crippen molar-refractivity contribution in [1.29, 1.82) is 0 Å². The molecule has 4 heteroatoms. The molecule has 1 atom stereocenters. The predicted octanol–water partition coefficient (Wildman–Crippen LogP) is 2.95. The zero-order valence-corrected chi connectivity index (χ0v) is 14.0. The van der Waals surface area contributed by atoms with E-state index in [0.29, 0.717) is 24.2 Å². The minimum absolute atomic E-state index is 0.153. The van der Waals surface area contributed by atoms with Gasteiger partial charge in [0.2, 0.25) is 5.91 Å². The lowest BCUT2D eigenvalue weighted by Crippen LogP contribution is -2.44. The molecule has 2 aliphatic rings. The molecule has 2 saturated heterocycles. The Kier molecular flexibility index (Phi) is 5.31. The minimum Gasteiger partial charge on any atom is -0.345 e. The van der Waals surface area contributed by atoms with Gasteiger partial charge in [0.15, 0.2) is 0 Å². The molecule has 23 heavy (non-hydrogen) atoms. The van der Waals surface area contributed by atoms with Gasteiger partial charge in [0.05, 0.1) is 0 Å². The molecule has 1 aromatic rings. The number of halogens is 1. The van der Waals surface area contributed by atoms with E-state index in [0.717, 1.165) is 39.0 Å². The van der Waals surface area contributed by atoms with Crippen LogP contribution in [0.2, 0.25) is 0 Å². The van der Waals surface area contributed by atoms with Crippen molar-refractivity contribution in [3.63, 3.8) is 0 Å². The highest BCUT2D eigenvalue weighted by atomic mass is 19.1. The lowest BCUT2D eigenvalue weighted by atomic mass is 9.89. The van der Waals surface area contributed by atoms with E-state index in [9.17, 15) is 9.18 Å². The molecule has 1 amide bonds. The number of piperidine rings is 2. The Balaban J connectivity index is 1.41. The molecule has 1 aromatic carbocycles. The third-order valence-corrected chi connectivity index (χ3v) is 5.39. The number of nitrogens with zero attached hydrogens (tertiary/aromatic N) is 2. The summed E-state index contributed by atoms with van der Waals surface area (Å²) in [6, 6.07) is 6.95. The van der Waals surface area contributed by atoms with Crippen molar-refractivity contribution >= 4 is 5.91 Å². The van der Waals surface area contributed by atoms with Crippen LogP contribution in [-0.2, 0) is 11.2 Å². The molecule has 0 bridgehead atoms. The Bertz CT molecular complexity index is 523. The first kappa shape index (κ1) is 16.4. The second-order valence-corrected chi connectivity index (χ2v) is 7.25. The van der Waals surface area contributed by atoms with Crippen LogP contribution in [0, 0.1) is 17.7 Å². The molecular weight excluding hydrogens is 291 g/mol. The van der Waals surface area contributed by atoms with Crippen molar-refractivity contribution < 1.29 is 9.18 Å². The Morgan fingerprint density at radius 2 is 1.78 bits per heavy atom. The molecule has 0 spiro atoms. The zero-order chi connectivity index (χ0) is 16.2. The molecule has 2 fully saturated rings. The van der Waals surface area contributed by atoms with Gasteiger partial charge in [-0.05, 0) is 68.3 Å². The van der Waals surface area contributed by atoms with Crippen molar-refractivity contribution in [3.8, 4) is 0 Å². The van der Waals surface area contributed by atoms with Crippen LogP contribution in [-0.4, -0.2) is 48.9 Å². The minimum atomic E-state index is -0.153. The maximum absolute atomic E-state index is 13.0. The molecule has 0 radical (unpaired) electrons. The van der Waals surface area contributed by atoms with Crippen LogP contribution in [0.15, 0.2) is 24.3 Å². The molecule has 0 aliphatic carbocycles. The Morgan fingerprint density at radius 3 is 2.43 bits per heavy atom. The van der Waals surface area contributed by atoms with Crippen LogP contribution in [0.25, 0.3) is 0 Å². The van der Waals surface area contributed by atoms with Crippen LogP contribution in [0.4, 0.5) is 4.39 Å². The molecule has 126 valence electrons. The number of likely N-dealkylation sites (tertiary alicyclic amines) is 2. The van der Waals surface area contributed by atoms with Gasteiger partial charge in [-0.2, -0.15) is 0 Å². The Morgan fingerprint density at radius 1 is 1.09 bits per heavy atom. The Labute approximate surface area is 138 Å². The fraction of sp³-hybridized carbons (Fsp3) is 0.632. The van der Waals surface area contributed by atoms with E-state index in [4.69, 9.17) is 0 Å². The van der Waals surface area contributed by atoms with Gasteiger partial charge in [0, 0.05) is 26.6 Å². The van der Waals surface area contributed by atoms with E-state index < -0.39 is 0 Å². The van der Waals surface area contributed by atoms with E-state index >= 15 is 0 Å². The summed E-state index contributed by atoms with van der Waals surface area (Å²) in [7, 11) is 1.92. The van der Waals surface area contributed by atoms with Crippen LogP contribution in [0.5, 0.6) is 0 Å². The third kappa shape index (κ3) is 4.54. The molecule has 1 unspecified atom stereocenters. The zero-order valence-electron chi connectivity index (χ0n) is 14.0. The van der Waals surface area contributed by atoms with Crippen molar-refractivity contribution in [3.05, 3.63) is 35.6 Å². The van der Waals surface area contributed by atoms with Crippen molar-refractivity contribution in [2.45, 2.75) is 32.1 Å². The Hall–Kier alpha value is -1.42. The van der Waals surface area contributed by atoms with E-state index in [1.165, 1.54) is 18.4 Å². The average Bonchev–Trinajstić information content (AvgIpc) is 2.55. The van der Waals surface area contributed by atoms with Crippen LogP contribution < -0.4 is 0 Å². The second kappa shape index (κ2) is 7.43. The second-order valence-electron chi connectivity index (χ2n) is 7.25. The number of amides is 1. The van der Waals surface area contributed by atoms with Gasteiger partial charge in [-0.25, -0.2) is 4.39 Å². The van der Waals surface area contributed by atoms with Crippen LogP contribution >= 0.6 is 0 Å². The first-order valence-corrected chi connectivity index (χ1v) is 8.81. The smallest absolute Gasteiger partial charge is 0.222 e. The van der Waals surface area contributed by atoms with E-state index in [1.54, 1.807) is 12.1 Å². The monoisotopic (exact) mass is 318 g/mol. The average molecular weight is 318 g/mol. The van der Waals surface area contributed by atoms with Gasteiger partial charge < -0.3 is 9.80 Å². The van der Waals surface area contributed by atoms with E-state index in [1.807, 2.05) is 24.1 Å². The van der Waals surface area contributed by atoms with Crippen molar-refractivity contribution in [2.75, 3.05) is 33.2 Å². The highest BCUT2D eigenvalue weighted by Crippen LogP contribution is 2.24. The summed E-state index contributed by atoms with van der Waals surface area (Å²) in [6.07, 6.45) is 5.26. The number of hydrogen-bond donors (Lipinski definition) is 0. The molecule has 0 N–H and O–H groups in total. The summed E-state index contributed by atoms with van der Waals surface area (Å²) in [5, 5.41) is 0. The summed E-state index contributed by atoms with van der Waals surface area (Å²) < 4.78 is 13.0. The SMILES string of the molecule is CN1CC(CN2CCC(Cc3ccc(F)cc3)CC2)CCC1=O. The van der Waals surface area contributed by atoms with E-state index in [2.05, 4.69) is 4.90 Å². The summed E-state index contributed by atoms with van der Waals surface area (Å²) in [4.78, 5) is 16.0. The topological polar surface area (TPSA) is 23.6 Å². The number of benzene rings is 1. The fourth-order valence-corrected chi connectivity index (χ4v) is 3.94. The molecule has 2 aliphatic heterocycles. The standard InChI is InChI=1S/C19H27FN2O/c1-21-13-17(4-7-19(21)23)14-22-10-8-16(9-11-22)12-15-2-5-18(20)6-3-15/h2-3,5-6,16-17H,4,7-14H2,1H3. The van der Waals surface area contributed by atoms with Gasteiger partial charge in [0.25, 0.3) is 0 Å². The van der Waals surface area contributed by atoms with Gasteiger partial charge in [-0.15, -0.1) is 0 Å². The number of carbonyl (C=O) groups is 1. The summed E-state index contributed by atoms with van der Waals surface area (Å²) in [6.45, 7) is 4.34. The molecular formula is C19H27FN2O. The molecule has 3 nitrogen and oxygen atoms in total. The third-order valence-electron chi connectivity index (χ3n) is 5.39. The van der Waals surface area contributed by atoms with E-state index in [-0.39, 0.29) is 5.82 Å². The van der Waals surface area contributed by atoms with Gasteiger partial charge in [0.1, 0.15) is 5.82 Å². The highest BCUT2D eigenvalue weighted by molar-refractivity contribution is 5.76. The summed E-state index contributed by atoms with van der Waals surface area (Å²) in [5.74, 6) is 1.48. The number of hydrogen-bond acceptors (Lipinski definition) is 2. The lowest BCUT2D eigenvalue weighted by Gasteiger charge is -2.37.